The van der Waals surface area contributed by atoms with Crippen molar-refractivity contribution in [3.63, 3.8) is 0 Å². The molecule has 1 radical (unpaired) electrons. The van der Waals surface area contributed by atoms with Crippen LogP contribution in [0.1, 0.15) is 44.9 Å². The predicted octanol–water partition coefficient (Wildman–Crippen LogP) is 3.58. The van der Waals surface area contributed by atoms with Crippen LogP contribution in [0.3, 0.4) is 0 Å². The Hall–Kier alpha value is -0.195. The molecular weight excluding hydrogens is 143 g/mol. The molecule has 0 aromatic carbocycles. The Morgan fingerprint density at radius 1 is 1.33 bits per heavy atom. The molecule has 0 unspecified atom stereocenters. The molecule has 12 heavy (non-hydrogen) atoms. The predicted molar refractivity (Wildman–Crippen MR) is 54.7 cm³/mol. The van der Waals surface area contributed by atoms with Crippen molar-refractivity contribution in [2.24, 2.45) is 0 Å². The second-order valence-corrected chi connectivity index (χ2v) is 4.57. The van der Waals surface area contributed by atoms with Crippen molar-refractivity contribution in [1.29, 1.82) is 0 Å². The Morgan fingerprint density at radius 2 is 2.00 bits per heavy atom. The minimum atomic E-state index is 0.586. The minimum absolute atomic E-state index is 0.586. The van der Waals surface area contributed by atoms with Gasteiger partial charge in [0.15, 0.2) is 0 Å². The molecule has 0 N–H and O–H groups in total. The zero-order valence-corrected chi connectivity index (χ0v) is 7.89. The van der Waals surface area contributed by atoms with Crippen molar-refractivity contribution in [3.05, 3.63) is 12.7 Å². The topological polar surface area (TPSA) is 0 Å². The molecule has 2 aliphatic heterocycles. The lowest BCUT2D eigenvalue weighted by atomic mass is 9.35. The Bertz CT molecular complexity index is 164. The van der Waals surface area contributed by atoms with Crippen molar-refractivity contribution >= 4 is 7.28 Å². The molecule has 0 spiro atoms. The maximum absolute atomic E-state index is 3.88. The first-order valence-electron chi connectivity index (χ1n) is 5.32. The smallest absolute Gasteiger partial charge is 0.103 e. The van der Waals surface area contributed by atoms with E-state index in [0.717, 1.165) is 5.82 Å². The van der Waals surface area contributed by atoms with Gasteiger partial charge in [0.25, 0.3) is 0 Å². The van der Waals surface area contributed by atoms with E-state index in [1.165, 1.54) is 44.9 Å². The Labute approximate surface area is 76.7 Å². The summed E-state index contributed by atoms with van der Waals surface area (Å²) in [5.41, 5.74) is 0. The van der Waals surface area contributed by atoms with Gasteiger partial charge in [0.2, 0.25) is 0 Å². The molecule has 65 valence electrons. The number of allylic oxidation sites excluding steroid dienone is 1. The van der Waals surface area contributed by atoms with Gasteiger partial charge >= 0.3 is 0 Å². The highest BCUT2D eigenvalue weighted by atomic mass is 14.3. The number of hydrogen-bond acceptors (Lipinski definition) is 0. The fourth-order valence-corrected chi connectivity index (χ4v) is 3.09. The maximum atomic E-state index is 3.88. The molecule has 2 heterocycles. The van der Waals surface area contributed by atoms with E-state index in [1.807, 2.05) is 0 Å². The first kappa shape index (κ1) is 8.41. The lowest BCUT2D eigenvalue weighted by Gasteiger charge is -2.44. The lowest BCUT2D eigenvalue weighted by molar-refractivity contribution is 0.351. The Morgan fingerprint density at radius 3 is 2.58 bits per heavy atom. The van der Waals surface area contributed by atoms with E-state index in [9.17, 15) is 0 Å². The third-order valence-corrected chi connectivity index (χ3v) is 3.64. The first-order chi connectivity index (χ1) is 5.85. The van der Waals surface area contributed by atoms with Crippen LogP contribution in [0.2, 0.25) is 11.1 Å². The van der Waals surface area contributed by atoms with E-state index in [4.69, 9.17) is 0 Å². The second-order valence-electron chi connectivity index (χ2n) is 4.57. The van der Waals surface area contributed by atoms with E-state index in [0.29, 0.717) is 5.31 Å². The van der Waals surface area contributed by atoms with Crippen molar-refractivity contribution in [2.75, 3.05) is 0 Å². The molecule has 0 amide bonds. The van der Waals surface area contributed by atoms with E-state index < -0.39 is 0 Å². The minimum Gasteiger partial charge on any atom is -0.103 e. The van der Waals surface area contributed by atoms with Crippen LogP contribution in [0.4, 0.5) is 0 Å². The van der Waals surface area contributed by atoms with Gasteiger partial charge in [-0.05, 0) is 6.42 Å². The molecule has 0 aromatic heterocycles. The van der Waals surface area contributed by atoms with Crippen LogP contribution >= 0.6 is 0 Å². The summed E-state index contributed by atoms with van der Waals surface area (Å²) < 4.78 is 0. The first-order valence-corrected chi connectivity index (χ1v) is 5.32. The van der Waals surface area contributed by atoms with Crippen molar-refractivity contribution in [1.82, 2.24) is 0 Å². The van der Waals surface area contributed by atoms with Crippen molar-refractivity contribution in [2.45, 2.75) is 56.1 Å². The average molecular weight is 161 g/mol. The van der Waals surface area contributed by atoms with E-state index in [1.54, 1.807) is 0 Å². The van der Waals surface area contributed by atoms with Gasteiger partial charge in [0.1, 0.15) is 7.28 Å². The highest BCUT2D eigenvalue weighted by Crippen LogP contribution is 2.53. The van der Waals surface area contributed by atoms with Crippen LogP contribution in [-0.4, -0.2) is 7.28 Å². The van der Waals surface area contributed by atoms with E-state index >= 15 is 0 Å². The van der Waals surface area contributed by atoms with Crippen LogP contribution in [-0.2, 0) is 0 Å². The zero-order chi connectivity index (χ0) is 8.44. The molecule has 2 bridgehead atoms. The molecule has 0 aromatic rings. The van der Waals surface area contributed by atoms with E-state index in [-0.39, 0.29) is 0 Å². The largest absolute Gasteiger partial charge is 0.122 e. The molecule has 0 atom stereocenters. The summed E-state index contributed by atoms with van der Waals surface area (Å²) >= 11 is 0. The van der Waals surface area contributed by atoms with Gasteiger partial charge < -0.3 is 0 Å². The van der Waals surface area contributed by atoms with Gasteiger partial charge in [0.05, 0.1) is 0 Å². The third kappa shape index (κ3) is 1.46. The van der Waals surface area contributed by atoms with Crippen LogP contribution in [0.5, 0.6) is 0 Å². The fraction of sp³-hybridized carbons (Fsp3) is 0.818. The van der Waals surface area contributed by atoms with Gasteiger partial charge in [-0.2, -0.15) is 0 Å². The van der Waals surface area contributed by atoms with Gasteiger partial charge in [-0.15, -0.1) is 6.58 Å². The summed E-state index contributed by atoms with van der Waals surface area (Å²) in [6.07, 6.45) is 12.0. The molecule has 0 saturated carbocycles. The van der Waals surface area contributed by atoms with Crippen LogP contribution < -0.4 is 0 Å². The summed E-state index contributed by atoms with van der Waals surface area (Å²) in [4.78, 5) is 0. The fourth-order valence-electron chi connectivity index (χ4n) is 3.09. The summed E-state index contributed by atoms with van der Waals surface area (Å²) in [6.45, 7) is 3.88. The molecule has 0 nitrogen and oxygen atoms in total. The highest BCUT2D eigenvalue weighted by molar-refractivity contribution is 6.42. The lowest BCUT2D eigenvalue weighted by Crippen LogP contribution is -2.32. The third-order valence-electron chi connectivity index (χ3n) is 3.64. The van der Waals surface area contributed by atoms with Crippen LogP contribution in [0.15, 0.2) is 12.7 Å². The number of rotatable bonds is 2. The van der Waals surface area contributed by atoms with Crippen molar-refractivity contribution < 1.29 is 0 Å². The molecule has 2 rings (SSSR count). The molecule has 1 heteroatoms. The Balaban J connectivity index is 2.06. The molecule has 0 aliphatic carbocycles. The monoisotopic (exact) mass is 161 g/mol. The quantitative estimate of drug-likeness (QED) is 0.428. The molecular formula is C11H18B. The van der Waals surface area contributed by atoms with Gasteiger partial charge in [-0.3, -0.25) is 0 Å². The van der Waals surface area contributed by atoms with Crippen molar-refractivity contribution in [3.8, 4) is 0 Å². The summed E-state index contributed by atoms with van der Waals surface area (Å²) in [5, 5.41) is 0.586. The molecule has 2 fully saturated rings. The van der Waals surface area contributed by atoms with Crippen LogP contribution in [0, 0.1) is 0 Å². The zero-order valence-electron chi connectivity index (χ0n) is 7.89. The molecule has 2 saturated heterocycles. The maximum Gasteiger partial charge on any atom is 0.122 e. The van der Waals surface area contributed by atoms with E-state index in [2.05, 4.69) is 19.9 Å². The van der Waals surface area contributed by atoms with Gasteiger partial charge in [-0.1, -0.05) is 55.7 Å². The summed E-state index contributed by atoms with van der Waals surface area (Å²) in [5.74, 6) is 0.951. The highest BCUT2D eigenvalue weighted by Gasteiger charge is 2.38. The normalized spacial score (nSPS) is 40.2. The Kier molecular flexibility index (Phi) is 2.30. The standard InChI is InChI=1S/C11H18B/c1-2-7-11-8-3-5-10(12-11)6-4-9-11/h2,10H,1,3-9H2. The second kappa shape index (κ2) is 3.28. The average Bonchev–Trinajstić information content (AvgIpc) is 2.04. The van der Waals surface area contributed by atoms with Gasteiger partial charge in [-0.25, -0.2) is 0 Å². The SMILES string of the molecule is C=CCC12[B]C(CCC1)CCC2. The number of fused-ring (bicyclic) bond motifs is 2. The summed E-state index contributed by atoms with van der Waals surface area (Å²) in [7, 11) is 2.65. The number of hydrogen-bond donors (Lipinski definition) is 0. The summed E-state index contributed by atoms with van der Waals surface area (Å²) in [6, 6.07) is 0. The molecule has 2 aliphatic rings. The van der Waals surface area contributed by atoms with Gasteiger partial charge in [0, 0.05) is 0 Å². The van der Waals surface area contributed by atoms with Crippen LogP contribution in [0.25, 0.3) is 0 Å².